The van der Waals surface area contributed by atoms with Crippen LogP contribution in [0, 0.1) is 5.92 Å². The van der Waals surface area contributed by atoms with Gasteiger partial charge >= 0.3 is 12.0 Å². The third kappa shape index (κ3) is 7.05. The summed E-state index contributed by atoms with van der Waals surface area (Å²) in [6.45, 7) is 4.31. The Morgan fingerprint density at radius 3 is 2.31 bits per heavy atom. The number of hydrogen-bond acceptors (Lipinski definition) is 3. The quantitative estimate of drug-likeness (QED) is 0.599. The average Bonchev–Trinajstić information content (AvgIpc) is 2.12. The van der Waals surface area contributed by atoms with E-state index in [1.165, 1.54) is 0 Å². The second-order valence-corrected chi connectivity index (χ2v) is 4.26. The predicted molar refractivity (Wildman–Crippen MR) is 61.4 cm³/mol. The average molecular weight is 231 g/mol. The summed E-state index contributed by atoms with van der Waals surface area (Å²) < 4.78 is 0. The highest BCUT2D eigenvalue weighted by Crippen LogP contribution is 1.91. The van der Waals surface area contributed by atoms with Crippen molar-refractivity contribution in [1.82, 2.24) is 15.5 Å². The molecule has 2 amide bonds. The Balaban J connectivity index is 3.78. The Morgan fingerprint density at radius 2 is 1.88 bits per heavy atom. The van der Waals surface area contributed by atoms with Crippen LogP contribution < -0.4 is 10.6 Å². The number of nitrogens with one attached hydrogen (secondary N) is 2. The van der Waals surface area contributed by atoms with E-state index in [9.17, 15) is 9.59 Å². The highest BCUT2D eigenvalue weighted by atomic mass is 16.4. The first-order valence-corrected chi connectivity index (χ1v) is 5.24. The molecule has 2 unspecified atom stereocenters. The van der Waals surface area contributed by atoms with Crippen molar-refractivity contribution in [2.45, 2.75) is 19.9 Å². The maximum atomic E-state index is 11.3. The molecule has 0 saturated carbocycles. The van der Waals surface area contributed by atoms with E-state index >= 15 is 0 Å². The van der Waals surface area contributed by atoms with E-state index < -0.39 is 11.9 Å². The number of aliphatic carboxylic acids is 1. The minimum Gasteiger partial charge on any atom is -0.481 e. The van der Waals surface area contributed by atoms with Crippen LogP contribution in [0.25, 0.3) is 0 Å². The van der Waals surface area contributed by atoms with Gasteiger partial charge in [-0.2, -0.15) is 0 Å². The van der Waals surface area contributed by atoms with Gasteiger partial charge < -0.3 is 20.6 Å². The lowest BCUT2D eigenvalue weighted by molar-refractivity contribution is -0.140. The van der Waals surface area contributed by atoms with Crippen LogP contribution in [0.4, 0.5) is 4.79 Å². The molecule has 0 spiro atoms. The predicted octanol–water partition coefficient (Wildman–Crippen LogP) is -0.0436. The Hall–Kier alpha value is -1.30. The third-order valence-electron chi connectivity index (χ3n) is 2.01. The molecule has 6 heteroatoms. The van der Waals surface area contributed by atoms with E-state index in [1.807, 2.05) is 25.9 Å². The van der Waals surface area contributed by atoms with Gasteiger partial charge in [-0.25, -0.2) is 4.79 Å². The number of hydrogen-bond donors (Lipinski definition) is 3. The van der Waals surface area contributed by atoms with Gasteiger partial charge in [0, 0.05) is 19.1 Å². The number of likely N-dealkylation sites (N-methyl/N-ethyl adjacent to an activating group) is 1. The van der Waals surface area contributed by atoms with E-state index in [-0.39, 0.29) is 18.6 Å². The molecule has 0 bridgehead atoms. The van der Waals surface area contributed by atoms with Gasteiger partial charge in [0.05, 0.1) is 5.92 Å². The standard InChI is InChI=1S/C10H21N3O3/c1-7(9(14)15)5-11-10(16)12-8(2)6-13(3)4/h7-8H,5-6H2,1-4H3,(H,14,15)(H2,11,12,16). The first kappa shape index (κ1) is 14.7. The molecule has 0 aromatic heterocycles. The van der Waals surface area contributed by atoms with Crippen molar-refractivity contribution in [1.29, 1.82) is 0 Å². The second kappa shape index (κ2) is 7.05. The molecule has 16 heavy (non-hydrogen) atoms. The Bertz CT molecular complexity index is 243. The summed E-state index contributed by atoms with van der Waals surface area (Å²) in [6.07, 6.45) is 0. The summed E-state index contributed by atoms with van der Waals surface area (Å²) in [6, 6.07) is -0.308. The van der Waals surface area contributed by atoms with Gasteiger partial charge in [0.1, 0.15) is 0 Å². The third-order valence-corrected chi connectivity index (χ3v) is 2.01. The van der Waals surface area contributed by atoms with Crippen molar-refractivity contribution in [2.75, 3.05) is 27.2 Å². The van der Waals surface area contributed by atoms with E-state index in [2.05, 4.69) is 10.6 Å². The lowest BCUT2D eigenvalue weighted by Gasteiger charge is -2.19. The summed E-state index contributed by atoms with van der Waals surface area (Å²) in [5.41, 5.74) is 0. The molecule has 0 aromatic rings. The maximum Gasteiger partial charge on any atom is 0.315 e. The Morgan fingerprint density at radius 1 is 1.31 bits per heavy atom. The van der Waals surface area contributed by atoms with Crippen molar-refractivity contribution < 1.29 is 14.7 Å². The van der Waals surface area contributed by atoms with Gasteiger partial charge in [-0.1, -0.05) is 6.92 Å². The zero-order valence-corrected chi connectivity index (χ0v) is 10.3. The lowest BCUT2D eigenvalue weighted by atomic mass is 10.2. The van der Waals surface area contributed by atoms with Gasteiger partial charge in [0.25, 0.3) is 0 Å². The van der Waals surface area contributed by atoms with E-state index in [4.69, 9.17) is 5.11 Å². The normalized spacial score (nSPS) is 14.3. The number of amides is 2. The molecule has 94 valence electrons. The molecule has 0 saturated heterocycles. The topological polar surface area (TPSA) is 81.7 Å². The van der Waals surface area contributed by atoms with Crippen molar-refractivity contribution in [3.63, 3.8) is 0 Å². The van der Waals surface area contributed by atoms with Gasteiger partial charge in [-0.3, -0.25) is 4.79 Å². The molecule has 0 aliphatic heterocycles. The summed E-state index contributed by atoms with van der Waals surface area (Å²) >= 11 is 0. The summed E-state index contributed by atoms with van der Waals surface area (Å²) in [4.78, 5) is 23.8. The molecular weight excluding hydrogens is 210 g/mol. The summed E-state index contributed by atoms with van der Waals surface area (Å²) in [5.74, 6) is -1.49. The van der Waals surface area contributed by atoms with Crippen LogP contribution in [0.5, 0.6) is 0 Å². The van der Waals surface area contributed by atoms with E-state index in [0.717, 1.165) is 6.54 Å². The molecule has 2 atom stereocenters. The summed E-state index contributed by atoms with van der Waals surface area (Å²) in [5, 5.41) is 13.9. The Labute approximate surface area is 96.0 Å². The van der Waals surface area contributed by atoms with Crippen LogP contribution in [0.1, 0.15) is 13.8 Å². The zero-order valence-electron chi connectivity index (χ0n) is 10.3. The number of nitrogens with zero attached hydrogens (tertiary/aromatic N) is 1. The molecule has 3 N–H and O–H groups in total. The monoisotopic (exact) mass is 231 g/mol. The highest BCUT2D eigenvalue weighted by molar-refractivity contribution is 5.75. The number of urea groups is 1. The number of carbonyl (C=O) groups excluding carboxylic acids is 1. The minimum absolute atomic E-state index is 0.0233. The summed E-state index contributed by atoms with van der Waals surface area (Å²) in [7, 11) is 3.84. The molecule has 0 aromatic carbocycles. The molecule has 6 nitrogen and oxygen atoms in total. The smallest absolute Gasteiger partial charge is 0.315 e. The number of carboxylic acid groups (broad SMARTS) is 1. The minimum atomic E-state index is -0.915. The maximum absolute atomic E-state index is 11.3. The van der Waals surface area contributed by atoms with Gasteiger partial charge in [-0.15, -0.1) is 0 Å². The molecule has 0 fully saturated rings. The molecule has 0 radical (unpaired) electrons. The highest BCUT2D eigenvalue weighted by Gasteiger charge is 2.13. The van der Waals surface area contributed by atoms with Crippen LogP contribution in [0.2, 0.25) is 0 Å². The fourth-order valence-electron chi connectivity index (χ4n) is 1.20. The van der Waals surface area contributed by atoms with E-state index in [0.29, 0.717) is 0 Å². The lowest BCUT2D eigenvalue weighted by Crippen LogP contribution is -2.46. The SMILES string of the molecule is CC(CN(C)C)NC(=O)NCC(C)C(=O)O. The van der Waals surface area contributed by atoms with Gasteiger partial charge in [-0.05, 0) is 21.0 Å². The molecule has 0 heterocycles. The fraction of sp³-hybridized carbons (Fsp3) is 0.800. The molecule has 0 aliphatic carbocycles. The van der Waals surface area contributed by atoms with Gasteiger partial charge in [0.2, 0.25) is 0 Å². The van der Waals surface area contributed by atoms with Crippen LogP contribution >= 0.6 is 0 Å². The van der Waals surface area contributed by atoms with Crippen molar-refractivity contribution in [3.8, 4) is 0 Å². The van der Waals surface area contributed by atoms with Crippen molar-refractivity contribution in [2.24, 2.45) is 5.92 Å². The van der Waals surface area contributed by atoms with E-state index in [1.54, 1.807) is 6.92 Å². The van der Waals surface area contributed by atoms with Crippen molar-refractivity contribution in [3.05, 3.63) is 0 Å². The van der Waals surface area contributed by atoms with Crippen LogP contribution in [-0.2, 0) is 4.79 Å². The van der Waals surface area contributed by atoms with Gasteiger partial charge in [0.15, 0.2) is 0 Å². The largest absolute Gasteiger partial charge is 0.481 e. The first-order valence-electron chi connectivity index (χ1n) is 5.24. The van der Waals surface area contributed by atoms with Crippen LogP contribution in [-0.4, -0.2) is 55.2 Å². The second-order valence-electron chi connectivity index (χ2n) is 4.26. The number of rotatable bonds is 6. The number of carboxylic acids is 1. The Kier molecular flexibility index (Phi) is 6.48. The molecule has 0 rings (SSSR count). The zero-order chi connectivity index (χ0) is 12.7. The number of carbonyl (C=O) groups is 2. The first-order chi connectivity index (χ1) is 7.32. The van der Waals surface area contributed by atoms with Crippen molar-refractivity contribution >= 4 is 12.0 Å². The van der Waals surface area contributed by atoms with Crippen LogP contribution in [0.15, 0.2) is 0 Å². The molecular formula is C10H21N3O3. The fourth-order valence-corrected chi connectivity index (χ4v) is 1.20. The van der Waals surface area contributed by atoms with Crippen LogP contribution in [0.3, 0.4) is 0 Å². The molecule has 0 aliphatic rings.